The summed E-state index contributed by atoms with van der Waals surface area (Å²) in [6.07, 6.45) is 2.71. The first-order valence-electron chi connectivity index (χ1n) is 3.22. The number of nitrogens with zero attached hydrogens (tertiary/aromatic N) is 1. The second-order valence-electron chi connectivity index (χ2n) is 1.96. The van der Waals surface area contributed by atoms with E-state index in [9.17, 15) is 4.79 Å². The Labute approximate surface area is 76.4 Å². The molecular formula is C8H10ClNO2. The second-order valence-corrected chi connectivity index (χ2v) is 2.35. The van der Waals surface area contributed by atoms with E-state index in [2.05, 4.69) is 16.3 Å². The van der Waals surface area contributed by atoms with Gasteiger partial charge in [-0.3, -0.25) is 0 Å². The summed E-state index contributed by atoms with van der Waals surface area (Å²) in [5, 5.41) is 0.234. The maximum Gasteiger partial charge on any atom is 0.334 e. The van der Waals surface area contributed by atoms with Crippen molar-refractivity contribution in [1.29, 1.82) is 0 Å². The quantitative estimate of drug-likeness (QED) is 0.385. The molecule has 0 bridgehead atoms. The fraction of sp³-hybridized carbons (Fsp3) is 0.250. The van der Waals surface area contributed by atoms with Crippen LogP contribution in [0.15, 0.2) is 29.4 Å². The number of hydrogen-bond donors (Lipinski definition) is 0. The van der Waals surface area contributed by atoms with Gasteiger partial charge in [0.2, 0.25) is 0 Å². The number of ether oxygens (including phenoxy) is 1. The molecule has 0 saturated carbocycles. The van der Waals surface area contributed by atoms with Crippen molar-refractivity contribution in [3.63, 3.8) is 0 Å². The maximum absolute atomic E-state index is 10.8. The average molecular weight is 188 g/mol. The Morgan fingerprint density at radius 1 is 1.67 bits per heavy atom. The Morgan fingerprint density at radius 2 is 2.25 bits per heavy atom. The third-order valence-electron chi connectivity index (χ3n) is 1.06. The fourth-order valence-corrected chi connectivity index (χ4v) is 0.474. The molecule has 0 radical (unpaired) electrons. The lowest BCUT2D eigenvalue weighted by Crippen LogP contribution is -2.00. The Bertz CT molecular complexity index is 243. The van der Waals surface area contributed by atoms with Gasteiger partial charge in [0.25, 0.3) is 0 Å². The van der Waals surface area contributed by atoms with Gasteiger partial charge in [-0.15, -0.1) is 0 Å². The number of rotatable bonds is 3. The molecule has 0 spiro atoms. The molecule has 0 fully saturated rings. The number of allylic oxidation sites excluding steroid dienone is 1. The molecule has 12 heavy (non-hydrogen) atoms. The standard InChI is InChI=1S/C8H10ClNO2/c1-4-7(9)10-5-6(2)8(11)12-3/h4-5H,1H2,2-3H3/b6-5+,10-7?. The Morgan fingerprint density at radius 3 is 2.67 bits per heavy atom. The van der Waals surface area contributed by atoms with Gasteiger partial charge >= 0.3 is 5.97 Å². The van der Waals surface area contributed by atoms with Crippen LogP contribution in [0, 0.1) is 0 Å². The van der Waals surface area contributed by atoms with Crippen molar-refractivity contribution in [2.45, 2.75) is 6.92 Å². The molecule has 0 aliphatic heterocycles. The monoisotopic (exact) mass is 187 g/mol. The highest BCUT2D eigenvalue weighted by Crippen LogP contribution is 1.97. The van der Waals surface area contributed by atoms with Crippen molar-refractivity contribution in [2.24, 2.45) is 4.99 Å². The summed E-state index contributed by atoms with van der Waals surface area (Å²) in [7, 11) is 1.30. The lowest BCUT2D eigenvalue weighted by Gasteiger charge is -1.94. The largest absolute Gasteiger partial charge is 0.466 e. The van der Waals surface area contributed by atoms with E-state index in [4.69, 9.17) is 11.6 Å². The van der Waals surface area contributed by atoms with E-state index in [1.54, 1.807) is 6.92 Å². The van der Waals surface area contributed by atoms with E-state index in [0.29, 0.717) is 5.57 Å². The summed E-state index contributed by atoms with van der Waals surface area (Å²) in [6, 6.07) is 0. The van der Waals surface area contributed by atoms with Gasteiger partial charge in [-0.2, -0.15) is 0 Å². The number of methoxy groups -OCH3 is 1. The summed E-state index contributed by atoms with van der Waals surface area (Å²) >= 11 is 5.49. The molecule has 3 nitrogen and oxygen atoms in total. The van der Waals surface area contributed by atoms with Gasteiger partial charge in [-0.25, -0.2) is 9.79 Å². The second kappa shape index (κ2) is 5.55. The average Bonchev–Trinajstić information content (AvgIpc) is 2.11. The number of hydrogen-bond acceptors (Lipinski definition) is 3. The van der Waals surface area contributed by atoms with Crippen LogP contribution in [0.25, 0.3) is 0 Å². The van der Waals surface area contributed by atoms with Crippen LogP contribution in [-0.2, 0) is 9.53 Å². The molecule has 0 heterocycles. The zero-order valence-corrected chi connectivity index (χ0v) is 7.76. The van der Waals surface area contributed by atoms with Crippen LogP contribution in [0.3, 0.4) is 0 Å². The molecule has 0 aromatic rings. The predicted octanol–water partition coefficient (Wildman–Crippen LogP) is 1.89. The molecule has 0 atom stereocenters. The molecular weight excluding hydrogens is 178 g/mol. The Kier molecular flexibility index (Phi) is 5.04. The lowest BCUT2D eigenvalue weighted by molar-refractivity contribution is -0.136. The van der Waals surface area contributed by atoms with Crippen molar-refractivity contribution in [1.82, 2.24) is 0 Å². The number of esters is 1. The van der Waals surface area contributed by atoms with Crippen molar-refractivity contribution >= 4 is 22.7 Å². The minimum Gasteiger partial charge on any atom is -0.466 e. The van der Waals surface area contributed by atoms with Crippen molar-refractivity contribution in [2.75, 3.05) is 7.11 Å². The SMILES string of the molecule is C=CC(Cl)=N/C=C(\C)C(=O)OC. The van der Waals surface area contributed by atoms with E-state index in [1.807, 2.05) is 0 Å². The molecule has 0 aromatic carbocycles. The molecule has 0 unspecified atom stereocenters. The van der Waals surface area contributed by atoms with E-state index in [-0.39, 0.29) is 5.17 Å². The molecule has 0 aliphatic carbocycles. The van der Waals surface area contributed by atoms with Crippen LogP contribution in [0.2, 0.25) is 0 Å². The summed E-state index contributed by atoms with van der Waals surface area (Å²) in [6.45, 7) is 4.98. The van der Waals surface area contributed by atoms with Gasteiger partial charge in [0.15, 0.2) is 0 Å². The van der Waals surface area contributed by atoms with Gasteiger partial charge in [0.05, 0.1) is 12.7 Å². The molecule has 0 aromatic heterocycles. The van der Waals surface area contributed by atoms with Crippen LogP contribution in [-0.4, -0.2) is 18.2 Å². The summed E-state index contributed by atoms with van der Waals surface area (Å²) in [4.78, 5) is 14.5. The van der Waals surface area contributed by atoms with E-state index >= 15 is 0 Å². The first-order valence-corrected chi connectivity index (χ1v) is 3.60. The fourth-order valence-electron chi connectivity index (χ4n) is 0.425. The lowest BCUT2D eigenvalue weighted by atomic mass is 10.3. The summed E-state index contributed by atoms with van der Waals surface area (Å²) in [5.41, 5.74) is 0.387. The topological polar surface area (TPSA) is 38.7 Å². The van der Waals surface area contributed by atoms with E-state index < -0.39 is 5.97 Å². The third kappa shape index (κ3) is 3.93. The highest BCUT2D eigenvalue weighted by atomic mass is 35.5. The molecule has 66 valence electrons. The first kappa shape index (κ1) is 10.9. The molecule has 0 saturated heterocycles. The third-order valence-corrected chi connectivity index (χ3v) is 1.31. The van der Waals surface area contributed by atoms with Crippen molar-refractivity contribution in [3.8, 4) is 0 Å². The zero-order valence-electron chi connectivity index (χ0n) is 7.00. The van der Waals surface area contributed by atoms with Crippen molar-refractivity contribution < 1.29 is 9.53 Å². The summed E-state index contributed by atoms with van der Waals surface area (Å²) in [5.74, 6) is -0.424. The highest BCUT2D eigenvalue weighted by Gasteiger charge is 2.00. The Hall–Kier alpha value is -1.09. The first-order chi connectivity index (χ1) is 5.61. The zero-order chi connectivity index (χ0) is 9.56. The molecule has 4 heteroatoms. The van der Waals surface area contributed by atoms with Gasteiger partial charge in [-0.05, 0) is 13.0 Å². The Balaban J connectivity index is 4.37. The van der Waals surface area contributed by atoms with Gasteiger partial charge in [0, 0.05) is 6.20 Å². The molecule has 0 N–H and O–H groups in total. The van der Waals surface area contributed by atoms with Crippen LogP contribution in [0.1, 0.15) is 6.92 Å². The number of carbonyl (C=O) groups is 1. The van der Waals surface area contributed by atoms with Crippen LogP contribution < -0.4 is 0 Å². The van der Waals surface area contributed by atoms with Gasteiger partial charge in [-0.1, -0.05) is 18.2 Å². The van der Waals surface area contributed by atoms with Gasteiger partial charge < -0.3 is 4.74 Å². The summed E-state index contributed by atoms with van der Waals surface area (Å²) < 4.78 is 4.43. The van der Waals surface area contributed by atoms with Gasteiger partial charge in [0.1, 0.15) is 5.17 Å². The maximum atomic E-state index is 10.8. The van der Waals surface area contributed by atoms with Crippen LogP contribution >= 0.6 is 11.6 Å². The number of carbonyl (C=O) groups excluding carboxylic acids is 1. The minimum atomic E-state index is -0.424. The smallest absolute Gasteiger partial charge is 0.334 e. The molecule has 0 amide bonds. The number of halogens is 1. The minimum absolute atomic E-state index is 0.234. The highest BCUT2D eigenvalue weighted by molar-refractivity contribution is 6.68. The van der Waals surface area contributed by atoms with Crippen LogP contribution in [0.5, 0.6) is 0 Å². The normalized spacial score (nSPS) is 12.6. The molecule has 0 rings (SSSR count). The van der Waals surface area contributed by atoms with E-state index in [0.717, 1.165) is 0 Å². The van der Waals surface area contributed by atoms with Crippen molar-refractivity contribution in [3.05, 3.63) is 24.4 Å². The predicted molar refractivity (Wildman–Crippen MR) is 49.3 cm³/mol. The van der Waals surface area contributed by atoms with E-state index in [1.165, 1.54) is 19.4 Å². The molecule has 0 aliphatic rings. The number of aliphatic imine (C=N–C) groups is 1. The van der Waals surface area contributed by atoms with Crippen LogP contribution in [0.4, 0.5) is 0 Å².